The maximum Gasteiger partial charge on any atom is 2.00 e. The van der Waals surface area contributed by atoms with Crippen LogP contribution in [0.4, 0.5) is 0 Å². The summed E-state index contributed by atoms with van der Waals surface area (Å²) >= 11 is 5.27. The van der Waals surface area contributed by atoms with Crippen LogP contribution in [-0.2, 0) is 26.5 Å². The Labute approximate surface area is 150 Å². The van der Waals surface area contributed by atoms with Crippen molar-refractivity contribution in [2.24, 2.45) is 11.1 Å². The predicted octanol–water partition coefficient (Wildman–Crippen LogP) is 4.51. The Balaban J connectivity index is 0.00000128. The van der Waals surface area contributed by atoms with Gasteiger partial charge in [0, 0.05) is 0 Å². The number of benzene rings is 1. The Bertz CT molecular complexity index is 405. The van der Waals surface area contributed by atoms with Gasteiger partial charge < -0.3 is 18.6 Å². The second-order valence-electron chi connectivity index (χ2n) is 5.90. The smallest absolute Gasteiger partial charge is 0.333 e. The van der Waals surface area contributed by atoms with Gasteiger partial charge in [0.05, 0.1) is 0 Å². The standard InChI is InChI=1S/C17H22S.CH5N.W/c1-3-10-17(15-8-5-4-6-9-15)12-7-11-16(2,13-17)14-18;1-2;/h3-9,14H,10-13H2,1-2H3;2H2,1H3;/q-2;;+2. The normalized spacial score (nSPS) is 27.8. The van der Waals surface area contributed by atoms with Crippen molar-refractivity contribution >= 4 is 17.6 Å². The molecule has 1 aromatic rings. The van der Waals surface area contributed by atoms with Gasteiger partial charge in [-0.2, -0.15) is 26.2 Å². The molecule has 1 saturated carbocycles. The monoisotopic (exact) mass is 473 g/mol. The minimum absolute atomic E-state index is 0. The molecular formula is C18H27NSW. The van der Waals surface area contributed by atoms with E-state index >= 15 is 0 Å². The van der Waals surface area contributed by atoms with Crippen molar-refractivity contribution in [1.29, 1.82) is 0 Å². The molecule has 0 amide bonds. The SMILES string of the molecule is CN.C[CH-]CC1(c2ccccc2)C[CH-]CC(C)(C=S)C1.[W+2]. The molecule has 0 spiro atoms. The van der Waals surface area contributed by atoms with Gasteiger partial charge in [-0.3, -0.25) is 0 Å². The van der Waals surface area contributed by atoms with Crippen LogP contribution in [-0.4, -0.2) is 12.4 Å². The molecule has 1 nitrogen and oxygen atoms in total. The average molecular weight is 473 g/mol. The van der Waals surface area contributed by atoms with Crippen LogP contribution in [0.25, 0.3) is 0 Å². The molecule has 0 saturated heterocycles. The summed E-state index contributed by atoms with van der Waals surface area (Å²) in [5, 5.41) is 1.98. The zero-order chi connectivity index (χ0) is 15.1. The minimum atomic E-state index is 0. The molecule has 1 fully saturated rings. The Hall–Kier alpha value is -0.0417. The van der Waals surface area contributed by atoms with Gasteiger partial charge in [-0.05, 0) is 29.8 Å². The number of thiocarbonyl (C=S) groups is 1. The molecule has 2 unspecified atom stereocenters. The summed E-state index contributed by atoms with van der Waals surface area (Å²) in [4.78, 5) is 0. The third-order valence-electron chi connectivity index (χ3n) is 4.15. The van der Waals surface area contributed by atoms with E-state index in [0.717, 1.165) is 19.3 Å². The Kier molecular flexibility index (Phi) is 9.85. The van der Waals surface area contributed by atoms with Crippen molar-refractivity contribution in [3.05, 3.63) is 48.7 Å². The van der Waals surface area contributed by atoms with E-state index in [4.69, 9.17) is 12.2 Å². The van der Waals surface area contributed by atoms with E-state index in [9.17, 15) is 0 Å². The van der Waals surface area contributed by atoms with Crippen molar-refractivity contribution in [3.8, 4) is 0 Å². The van der Waals surface area contributed by atoms with Crippen molar-refractivity contribution in [1.82, 2.24) is 0 Å². The Morgan fingerprint density at radius 1 is 1.29 bits per heavy atom. The maximum absolute atomic E-state index is 5.27. The number of hydrogen-bond donors (Lipinski definition) is 1. The third kappa shape index (κ3) is 5.27. The van der Waals surface area contributed by atoms with Gasteiger partial charge in [0.25, 0.3) is 0 Å². The summed E-state index contributed by atoms with van der Waals surface area (Å²) in [6, 6.07) is 10.9. The van der Waals surface area contributed by atoms with Gasteiger partial charge in [0.1, 0.15) is 0 Å². The fourth-order valence-electron chi connectivity index (χ4n) is 3.36. The van der Waals surface area contributed by atoms with Crippen LogP contribution in [0.15, 0.2) is 30.3 Å². The van der Waals surface area contributed by atoms with Gasteiger partial charge >= 0.3 is 21.1 Å². The van der Waals surface area contributed by atoms with Crippen LogP contribution in [0.5, 0.6) is 0 Å². The largest absolute Gasteiger partial charge is 2.00 e. The van der Waals surface area contributed by atoms with Crippen LogP contribution in [0.2, 0.25) is 0 Å². The fraction of sp³-hybridized carbons (Fsp3) is 0.500. The van der Waals surface area contributed by atoms with Crippen LogP contribution in [0.3, 0.4) is 0 Å². The summed E-state index contributed by atoms with van der Waals surface area (Å²) in [5.74, 6) is 0. The molecule has 116 valence electrons. The second kappa shape index (κ2) is 9.87. The molecule has 0 aromatic heterocycles. The summed E-state index contributed by atoms with van der Waals surface area (Å²) in [6.45, 7) is 4.46. The molecule has 1 aliphatic carbocycles. The number of hydrogen-bond acceptors (Lipinski definition) is 2. The van der Waals surface area contributed by atoms with Crippen molar-refractivity contribution in [3.63, 3.8) is 0 Å². The van der Waals surface area contributed by atoms with Crippen LogP contribution >= 0.6 is 12.2 Å². The molecule has 1 aliphatic rings. The van der Waals surface area contributed by atoms with E-state index in [2.05, 4.69) is 62.8 Å². The fourth-order valence-corrected chi connectivity index (χ4v) is 3.54. The Morgan fingerprint density at radius 3 is 2.43 bits per heavy atom. The molecule has 3 heteroatoms. The molecule has 21 heavy (non-hydrogen) atoms. The molecule has 1 aromatic carbocycles. The first kappa shape index (κ1) is 21.0. The third-order valence-corrected chi connectivity index (χ3v) is 4.72. The van der Waals surface area contributed by atoms with Crippen molar-refractivity contribution in [2.75, 3.05) is 7.05 Å². The van der Waals surface area contributed by atoms with Crippen molar-refractivity contribution in [2.45, 2.75) is 44.9 Å². The van der Waals surface area contributed by atoms with Crippen LogP contribution in [0, 0.1) is 18.3 Å². The number of rotatable bonds is 4. The van der Waals surface area contributed by atoms with Gasteiger partial charge in [-0.15, -0.1) is 0 Å². The molecular weight excluding hydrogens is 446 g/mol. The summed E-state index contributed by atoms with van der Waals surface area (Å²) in [6.07, 6.45) is 9.31. The predicted molar refractivity (Wildman–Crippen MR) is 92.7 cm³/mol. The molecule has 0 aliphatic heterocycles. The number of nitrogens with two attached hydrogens (primary N) is 1. The van der Waals surface area contributed by atoms with E-state index in [1.54, 1.807) is 0 Å². The van der Waals surface area contributed by atoms with Gasteiger partial charge in [-0.1, -0.05) is 54.9 Å². The van der Waals surface area contributed by atoms with Gasteiger partial charge in [0.2, 0.25) is 0 Å². The van der Waals surface area contributed by atoms with E-state index in [0.29, 0.717) is 0 Å². The zero-order valence-corrected chi connectivity index (χ0v) is 17.1. The van der Waals surface area contributed by atoms with Crippen molar-refractivity contribution < 1.29 is 21.1 Å². The molecule has 0 heterocycles. The summed E-state index contributed by atoms with van der Waals surface area (Å²) in [5.41, 5.74) is 6.38. The van der Waals surface area contributed by atoms with Gasteiger partial charge in [0.15, 0.2) is 0 Å². The second-order valence-corrected chi connectivity index (χ2v) is 6.14. The molecule has 2 rings (SSSR count). The zero-order valence-electron chi connectivity index (χ0n) is 13.3. The molecule has 2 N–H and O–H groups in total. The van der Waals surface area contributed by atoms with E-state index in [-0.39, 0.29) is 31.9 Å². The topological polar surface area (TPSA) is 26.0 Å². The minimum Gasteiger partial charge on any atom is -0.333 e. The first-order chi connectivity index (χ1) is 9.64. The average Bonchev–Trinajstić information content (AvgIpc) is 2.51. The molecule has 0 radical (unpaired) electrons. The van der Waals surface area contributed by atoms with Crippen LogP contribution < -0.4 is 5.73 Å². The van der Waals surface area contributed by atoms with E-state index in [1.165, 1.54) is 19.0 Å². The maximum atomic E-state index is 5.27. The first-order valence-corrected chi connectivity index (χ1v) is 7.80. The van der Waals surface area contributed by atoms with E-state index in [1.807, 2.05) is 5.37 Å². The van der Waals surface area contributed by atoms with Gasteiger partial charge in [-0.25, -0.2) is 0 Å². The molecule has 0 bridgehead atoms. The van der Waals surface area contributed by atoms with Crippen LogP contribution in [0.1, 0.15) is 45.1 Å². The quantitative estimate of drug-likeness (QED) is 0.515. The Morgan fingerprint density at radius 2 is 1.90 bits per heavy atom. The summed E-state index contributed by atoms with van der Waals surface area (Å²) in [7, 11) is 1.50. The first-order valence-electron chi connectivity index (χ1n) is 7.33. The summed E-state index contributed by atoms with van der Waals surface area (Å²) < 4.78 is 0. The molecule has 2 atom stereocenters. The van der Waals surface area contributed by atoms with E-state index < -0.39 is 0 Å².